The second-order valence-corrected chi connectivity index (χ2v) is 5.84. The van der Waals surface area contributed by atoms with Crippen LogP contribution < -0.4 is 5.73 Å². The first-order valence-corrected chi connectivity index (χ1v) is 7.22. The van der Waals surface area contributed by atoms with Crippen LogP contribution in [0, 0.1) is 0 Å². The fourth-order valence-corrected chi connectivity index (χ4v) is 2.81. The molecule has 1 aromatic heterocycles. The quantitative estimate of drug-likeness (QED) is 0.922. The van der Waals surface area contributed by atoms with Gasteiger partial charge in [0, 0.05) is 17.1 Å². The number of aromatic nitrogens is 1. The van der Waals surface area contributed by atoms with E-state index in [1.54, 1.807) is 37.4 Å². The molecule has 6 heteroatoms. The monoisotopic (exact) mass is 312 g/mol. The van der Waals surface area contributed by atoms with Gasteiger partial charge in [-0.15, -0.1) is 0 Å². The summed E-state index contributed by atoms with van der Waals surface area (Å²) >= 11 is 1.01. The van der Waals surface area contributed by atoms with Crippen molar-refractivity contribution in [3.63, 3.8) is 0 Å². The first-order chi connectivity index (χ1) is 9.86. The van der Waals surface area contributed by atoms with E-state index in [0.717, 1.165) is 11.8 Å². The van der Waals surface area contributed by atoms with Crippen LogP contribution in [0.4, 0.5) is 13.2 Å². The summed E-state index contributed by atoms with van der Waals surface area (Å²) in [7, 11) is 0. The van der Waals surface area contributed by atoms with E-state index in [2.05, 4.69) is 4.98 Å². The Kier molecular flexibility index (Phi) is 4.90. The van der Waals surface area contributed by atoms with Crippen LogP contribution in [0.5, 0.6) is 0 Å². The number of halogens is 3. The summed E-state index contributed by atoms with van der Waals surface area (Å²) in [4.78, 5) is 4.19. The van der Waals surface area contributed by atoms with E-state index in [9.17, 15) is 13.2 Å². The minimum Gasteiger partial charge on any atom is -0.328 e. The Hall–Kier alpha value is -1.53. The molecule has 1 heterocycles. The highest BCUT2D eigenvalue weighted by Gasteiger charge is 2.34. The lowest BCUT2D eigenvalue weighted by Crippen LogP contribution is -2.18. The van der Waals surface area contributed by atoms with Gasteiger partial charge in [0.1, 0.15) is 5.03 Å². The molecular weight excluding hydrogens is 297 g/mol. The number of alkyl halides is 3. The summed E-state index contributed by atoms with van der Waals surface area (Å²) in [5.74, 6) is 0. The van der Waals surface area contributed by atoms with Crippen LogP contribution in [0.15, 0.2) is 52.5 Å². The molecule has 0 fully saturated rings. The molecule has 21 heavy (non-hydrogen) atoms. The van der Waals surface area contributed by atoms with Crippen molar-refractivity contribution in [2.45, 2.75) is 35.5 Å². The van der Waals surface area contributed by atoms with Crippen molar-refractivity contribution in [2.75, 3.05) is 0 Å². The predicted octanol–water partition coefficient (Wildman–Crippen LogP) is 4.14. The normalized spacial score (nSPS) is 13.2. The minimum atomic E-state index is -4.40. The molecule has 1 aromatic carbocycles. The molecule has 2 nitrogen and oxygen atoms in total. The number of nitrogens with zero attached hydrogens (tertiary/aromatic N) is 1. The van der Waals surface area contributed by atoms with Crippen molar-refractivity contribution < 1.29 is 13.2 Å². The van der Waals surface area contributed by atoms with E-state index in [0.29, 0.717) is 17.0 Å². The number of hydrogen-bond donors (Lipinski definition) is 1. The molecule has 0 bridgehead atoms. The van der Waals surface area contributed by atoms with Crippen LogP contribution in [0.25, 0.3) is 0 Å². The van der Waals surface area contributed by atoms with Gasteiger partial charge in [-0.1, -0.05) is 23.9 Å². The lowest BCUT2D eigenvalue weighted by atomic mass is 10.0. The Morgan fingerprint density at radius 3 is 2.57 bits per heavy atom. The van der Waals surface area contributed by atoms with E-state index < -0.39 is 11.7 Å². The molecule has 0 aliphatic heterocycles. The minimum absolute atomic E-state index is 0.148. The molecule has 0 aliphatic rings. The van der Waals surface area contributed by atoms with Gasteiger partial charge in [-0.05, 0) is 43.2 Å². The van der Waals surface area contributed by atoms with E-state index in [-0.39, 0.29) is 10.9 Å². The lowest BCUT2D eigenvalue weighted by molar-refractivity contribution is -0.139. The van der Waals surface area contributed by atoms with Crippen LogP contribution in [0.3, 0.4) is 0 Å². The molecule has 1 atom stereocenters. The maximum absolute atomic E-state index is 13.2. The second-order valence-electron chi connectivity index (χ2n) is 4.78. The summed E-state index contributed by atoms with van der Waals surface area (Å²) in [5.41, 5.74) is 5.59. The van der Waals surface area contributed by atoms with Crippen LogP contribution in [0.2, 0.25) is 0 Å². The zero-order chi connectivity index (χ0) is 15.5. The number of pyridine rings is 1. The lowest BCUT2D eigenvalue weighted by Gasteiger charge is -2.15. The highest BCUT2D eigenvalue weighted by atomic mass is 32.2. The zero-order valence-electron chi connectivity index (χ0n) is 11.4. The highest BCUT2D eigenvalue weighted by Crippen LogP contribution is 2.39. The molecule has 0 amide bonds. The van der Waals surface area contributed by atoms with Gasteiger partial charge >= 0.3 is 6.18 Å². The van der Waals surface area contributed by atoms with E-state index in [1.165, 1.54) is 12.1 Å². The molecule has 0 radical (unpaired) electrons. The third-order valence-corrected chi connectivity index (χ3v) is 3.79. The third-order valence-electron chi connectivity index (χ3n) is 2.76. The Labute approximate surface area is 125 Å². The van der Waals surface area contributed by atoms with Gasteiger partial charge in [-0.3, -0.25) is 0 Å². The van der Waals surface area contributed by atoms with Gasteiger partial charge < -0.3 is 5.73 Å². The molecule has 1 unspecified atom stereocenters. The standard InChI is InChI=1S/C15H15F3N2S/c1-10(19)8-11-5-6-13(12(9-11)15(16,17)18)21-14-4-2-3-7-20-14/h2-7,9-10H,8,19H2,1H3. The zero-order valence-corrected chi connectivity index (χ0v) is 12.2. The smallest absolute Gasteiger partial charge is 0.328 e. The van der Waals surface area contributed by atoms with Crippen LogP contribution >= 0.6 is 11.8 Å². The Bertz CT molecular complexity index is 598. The molecule has 0 aliphatic carbocycles. The predicted molar refractivity (Wildman–Crippen MR) is 77.2 cm³/mol. The molecular formula is C15H15F3N2S. The Morgan fingerprint density at radius 2 is 2.00 bits per heavy atom. The summed E-state index contributed by atoms with van der Waals surface area (Å²) in [5, 5.41) is 0.531. The van der Waals surface area contributed by atoms with Gasteiger partial charge in [-0.2, -0.15) is 13.2 Å². The van der Waals surface area contributed by atoms with Gasteiger partial charge in [0.25, 0.3) is 0 Å². The summed E-state index contributed by atoms with van der Waals surface area (Å²) in [6.07, 6.45) is -2.43. The molecule has 2 rings (SSSR count). The van der Waals surface area contributed by atoms with E-state index in [1.807, 2.05) is 0 Å². The van der Waals surface area contributed by atoms with Crippen molar-refractivity contribution in [3.8, 4) is 0 Å². The molecule has 2 aromatic rings. The molecule has 112 valence electrons. The number of nitrogens with two attached hydrogens (primary N) is 1. The van der Waals surface area contributed by atoms with Gasteiger partial charge in [0.2, 0.25) is 0 Å². The van der Waals surface area contributed by atoms with Crippen molar-refractivity contribution in [1.29, 1.82) is 0 Å². The SMILES string of the molecule is CC(N)Cc1ccc(Sc2ccccn2)c(C(F)(F)F)c1. The van der Waals surface area contributed by atoms with Crippen molar-refractivity contribution in [3.05, 3.63) is 53.7 Å². The van der Waals surface area contributed by atoms with Crippen LogP contribution in [0.1, 0.15) is 18.1 Å². The van der Waals surface area contributed by atoms with Crippen molar-refractivity contribution in [2.24, 2.45) is 5.73 Å². The van der Waals surface area contributed by atoms with Gasteiger partial charge in [-0.25, -0.2) is 4.98 Å². The summed E-state index contributed by atoms with van der Waals surface area (Å²) < 4.78 is 39.6. The maximum Gasteiger partial charge on any atom is 0.417 e. The van der Waals surface area contributed by atoms with Crippen LogP contribution in [-0.2, 0) is 12.6 Å². The third kappa shape index (κ3) is 4.47. The molecule has 2 N–H and O–H groups in total. The topological polar surface area (TPSA) is 38.9 Å². The van der Waals surface area contributed by atoms with Crippen molar-refractivity contribution >= 4 is 11.8 Å². The summed E-state index contributed by atoms with van der Waals surface area (Å²) in [6.45, 7) is 1.77. The van der Waals surface area contributed by atoms with Gasteiger partial charge in [0.05, 0.1) is 5.56 Å². The van der Waals surface area contributed by atoms with E-state index in [4.69, 9.17) is 5.73 Å². The first-order valence-electron chi connectivity index (χ1n) is 6.41. The number of benzene rings is 1. The number of rotatable bonds is 4. The second kappa shape index (κ2) is 6.49. The van der Waals surface area contributed by atoms with Gasteiger partial charge in [0.15, 0.2) is 0 Å². The Morgan fingerprint density at radius 1 is 1.24 bits per heavy atom. The average Bonchev–Trinajstić information content (AvgIpc) is 2.40. The fraction of sp³-hybridized carbons (Fsp3) is 0.267. The van der Waals surface area contributed by atoms with Crippen molar-refractivity contribution in [1.82, 2.24) is 4.98 Å². The summed E-state index contributed by atoms with van der Waals surface area (Å²) in [6, 6.07) is 9.31. The molecule has 0 saturated heterocycles. The Balaban J connectivity index is 2.36. The molecule has 0 saturated carbocycles. The molecule has 0 spiro atoms. The fourth-order valence-electron chi connectivity index (χ4n) is 1.91. The first kappa shape index (κ1) is 15.9. The largest absolute Gasteiger partial charge is 0.417 e. The number of hydrogen-bond acceptors (Lipinski definition) is 3. The maximum atomic E-state index is 13.2. The highest BCUT2D eigenvalue weighted by molar-refractivity contribution is 7.99. The average molecular weight is 312 g/mol. The van der Waals surface area contributed by atoms with E-state index >= 15 is 0 Å². The van der Waals surface area contributed by atoms with Crippen LogP contribution in [-0.4, -0.2) is 11.0 Å².